The van der Waals surface area contributed by atoms with E-state index in [-0.39, 0.29) is 5.56 Å². The van der Waals surface area contributed by atoms with Crippen LogP contribution in [0.5, 0.6) is 11.5 Å². The molecular formula is C20H23NO5. The van der Waals surface area contributed by atoms with Crippen LogP contribution in [0.1, 0.15) is 31.1 Å². The van der Waals surface area contributed by atoms with Crippen molar-refractivity contribution in [2.24, 2.45) is 0 Å². The standard InChI is InChI=1S/C20H23NO5/c1-4-24-17-12-8-6-10-15(17)20(23)26-14(3)19(22)21-16-11-7-9-13-18(16)25-5-2/h6-14H,4-5H2,1-3H3,(H,21,22). The van der Waals surface area contributed by atoms with Gasteiger partial charge in [0.2, 0.25) is 0 Å². The van der Waals surface area contributed by atoms with Crippen LogP contribution in [0.3, 0.4) is 0 Å². The van der Waals surface area contributed by atoms with Crippen molar-refractivity contribution in [1.29, 1.82) is 0 Å². The molecule has 0 saturated heterocycles. The maximum Gasteiger partial charge on any atom is 0.342 e. The van der Waals surface area contributed by atoms with E-state index in [1.54, 1.807) is 42.5 Å². The first-order chi connectivity index (χ1) is 12.6. The fourth-order valence-corrected chi connectivity index (χ4v) is 2.28. The third-order valence-electron chi connectivity index (χ3n) is 3.50. The highest BCUT2D eigenvalue weighted by atomic mass is 16.5. The molecule has 0 bridgehead atoms. The van der Waals surface area contributed by atoms with Gasteiger partial charge in [0.1, 0.15) is 17.1 Å². The highest BCUT2D eigenvalue weighted by Gasteiger charge is 2.22. The van der Waals surface area contributed by atoms with Crippen molar-refractivity contribution in [3.63, 3.8) is 0 Å². The summed E-state index contributed by atoms with van der Waals surface area (Å²) in [4.78, 5) is 24.7. The molecule has 26 heavy (non-hydrogen) atoms. The Labute approximate surface area is 153 Å². The first-order valence-electron chi connectivity index (χ1n) is 8.52. The fourth-order valence-electron chi connectivity index (χ4n) is 2.28. The largest absolute Gasteiger partial charge is 0.493 e. The van der Waals surface area contributed by atoms with E-state index in [4.69, 9.17) is 14.2 Å². The van der Waals surface area contributed by atoms with Gasteiger partial charge in [0.05, 0.1) is 18.9 Å². The molecule has 1 unspecified atom stereocenters. The zero-order valence-electron chi connectivity index (χ0n) is 15.2. The van der Waals surface area contributed by atoms with E-state index in [9.17, 15) is 9.59 Å². The Hall–Kier alpha value is -3.02. The summed E-state index contributed by atoms with van der Waals surface area (Å²) in [5, 5.41) is 2.72. The average molecular weight is 357 g/mol. The van der Waals surface area contributed by atoms with Gasteiger partial charge in [-0.3, -0.25) is 4.79 Å². The number of carbonyl (C=O) groups is 2. The van der Waals surface area contributed by atoms with Gasteiger partial charge in [0.15, 0.2) is 6.10 Å². The Kier molecular flexibility index (Phi) is 7.02. The van der Waals surface area contributed by atoms with Gasteiger partial charge < -0.3 is 19.5 Å². The minimum absolute atomic E-state index is 0.281. The monoisotopic (exact) mass is 357 g/mol. The predicted octanol–water partition coefficient (Wildman–Crippen LogP) is 3.67. The molecule has 2 aromatic rings. The fraction of sp³-hybridized carbons (Fsp3) is 0.300. The normalized spacial score (nSPS) is 11.3. The molecule has 2 aromatic carbocycles. The van der Waals surface area contributed by atoms with Crippen molar-refractivity contribution < 1.29 is 23.8 Å². The maximum atomic E-state index is 12.4. The Bertz CT molecular complexity index is 759. The van der Waals surface area contributed by atoms with Crippen LogP contribution in [0.25, 0.3) is 0 Å². The number of anilines is 1. The number of benzene rings is 2. The Morgan fingerprint density at radius 1 is 0.923 bits per heavy atom. The van der Waals surface area contributed by atoms with Crippen LogP contribution >= 0.6 is 0 Å². The SMILES string of the molecule is CCOc1ccccc1NC(=O)C(C)OC(=O)c1ccccc1OCC. The van der Waals surface area contributed by atoms with E-state index in [2.05, 4.69) is 5.32 Å². The summed E-state index contributed by atoms with van der Waals surface area (Å²) < 4.78 is 16.2. The number of esters is 1. The van der Waals surface area contributed by atoms with Crippen molar-refractivity contribution in [1.82, 2.24) is 0 Å². The van der Waals surface area contributed by atoms with Crippen LogP contribution in [0, 0.1) is 0 Å². The molecule has 6 nitrogen and oxygen atoms in total. The van der Waals surface area contributed by atoms with E-state index < -0.39 is 18.0 Å². The van der Waals surface area contributed by atoms with Crippen molar-refractivity contribution >= 4 is 17.6 Å². The number of hydrogen-bond acceptors (Lipinski definition) is 5. The van der Waals surface area contributed by atoms with Crippen molar-refractivity contribution in [3.05, 3.63) is 54.1 Å². The lowest BCUT2D eigenvalue weighted by atomic mass is 10.2. The van der Waals surface area contributed by atoms with Crippen molar-refractivity contribution in [2.45, 2.75) is 26.9 Å². The molecule has 0 aromatic heterocycles. The van der Waals surface area contributed by atoms with Gasteiger partial charge >= 0.3 is 5.97 Å². The molecule has 2 rings (SSSR count). The first-order valence-corrected chi connectivity index (χ1v) is 8.52. The average Bonchev–Trinajstić information content (AvgIpc) is 2.64. The first kappa shape index (κ1) is 19.3. The Balaban J connectivity index is 2.04. The van der Waals surface area contributed by atoms with Gasteiger partial charge in [-0.2, -0.15) is 0 Å². The number of rotatable bonds is 8. The molecule has 0 heterocycles. The van der Waals surface area contributed by atoms with Gasteiger partial charge in [-0.25, -0.2) is 4.79 Å². The zero-order chi connectivity index (χ0) is 18.9. The molecule has 138 valence electrons. The molecule has 0 aliphatic heterocycles. The molecule has 6 heteroatoms. The molecule has 0 fully saturated rings. The minimum atomic E-state index is -0.980. The molecule has 0 aliphatic carbocycles. The van der Waals surface area contributed by atoms with E-state index in [0.717, 1.165) is 0 Å². The number of para-hydroxylation sites is 3. The maximum absolute atomic E-state index is 12.4. The summed E-state index contributed by atoms with van der Waals surface area (Å²) in [7, 11) is 0. The molecule has 0 saturated carbocycles. The minimum Gasteiger partial charge on any atom is -0.493 e. The van der Waals surface area contributed by atoms with Gasteiger partial charge in [-0.1, -0.05) is 24.3 Å². The number of carbonyl (C=O) groups excluding carboxylic acids is 2. The summed E-state index contributed by atoms with van der Waals surface area (Å²) in [6.07, 6.45) is -0.980. The number of amides is 1. The van der Waals surface area contributed by atoms with Crippen molar-refractivity contribution in [3.8, 4) is 11.5 Å². The smallest absolute Gasteiger partial charge is 0.342 e. The lowest BCUT2D eigenvalue weighted by Gasteiger charge is -2.16. The van der Waals surface area contributed by atoms with Crippen LogP contribution in [0.2, 0.25) is 0 Å². The molecular weight excluding hydrogens is 334 g/mol. The molecule has 1 N–H and O–H groups in total. The lowest BCUT2D eigenvalue weighted by molar-refractivity contribution is -0.123. The molecule has 0 spiro atoms. The summed E-state index contributed by atoms with van der Waals surface area (Å²) in [6, 6.07) is 13.8. The summed E-state index contributed by atoms with van der Waals surface area (Å²) in [5.74, 6) is -0.0768. The van der Waals surface area contributed by atoms with Crippen LogP contribution in [-0.4, -0.2) is 31.2 Å². The second-order valence-electron chi connectivity index (χ2n) is 5.40. The lowest BCUT2D eigenvalue weighted by Crippen LogP contribution is -2.30. The number of hydrogen-bond donors (Lipinski definition) is 1. The van der Waals surface area contributed by atoms with E-state index in [1.807, 2.05) is 19.9 Å². The highest BCUT2D eigenvalue weighted by Crippen LogP contribution is 2.24. The second kappa shape index (κ2) is 9.46. The molecule has 1 atom stereocenters. The Morgan fingerprint density at radius 2 is 1.50 bits per heavy atom. The number of nitrogens with one attached hydrogen (secondary N) is 1. The third-order valence-corrected chi connectivity index (χ3v) is 3.50. The van der Waals surface area contributed by atoms with E-state index in [0.29, 0.717) is 30.4 Å². The third kappa shape index (κ3) is 4.99. The Morgan fingerprint density at radius 3 is 2.19 bits per heavy atom. The summed E-state index contributed by atoms with van der Waals surface area (Å²) in [6.45, 7) is 6.10. The van der Waals surface area contributed by atoms with E-state index >= 15 is 0 Å². The summed E-state index contributed by atoms with van der Waals surface area (Å²) in [5.41, 5.74) is 0.806. The second-order valence-corrected chi connectivity index (χ2v) is 5.40. The van der Waals surface area contributed by atoms with E-state index in [1.165, 1.54) is 6.92 Å². The summed E-state index contributed by atoms with van der Waals surface area (Å²) >= 11 is 0. The predicted molar refractivity (Wildman–Crippen MR) is 98.7 cm³/mol. The van der Waals surface area contributed by atoms with Gasteiger partial charge in [0, 0.05) is 0 Å². The van der Waals surface area contributed by atoms with Crippen molar-refractivity contribution in [2.75, 3.05) is 18.5 Å². The highest BCUT2D eigenvalue weighted by molar-refractivity contribution is 5.99. The van der Waals surface area contributed by atoms with Crippen LogP contribution in [0.15, 0.2) is 48.5 Å². The van der Waals surface area contributed by atoms with Crippen LogP contribution in [0.4, 0.5) is 5.69 Å². The van der Waals surface area contributed by atoms with Gasteiger partial charge in [-0.15, -0.1) is 0 Å². The van der Waals surface area contributed by atoms with Crippen LogP contribution in [-0.2, 0) is 9.53 Å². The van der Waals surface area contributed by atoms with Gasteiger partial charge in [0.25, 0.3) is 5.91 Å². The number of ether oxygens (including phenoxy) is 3. The molecule has 0 radical (unpaired) electrons. The topological polar surface area (TPSA) is 73.9 Å². The molecule has 0 aliphatic rings. The zero-order valence-corrected chi connectivity index (χ0v) is 15.2. The quantitative estimate of drug-likeness (QED) is 0.730. The molecule has 1 amide bonds. The van der Waals surface area contributed by atoms with Crippen LogP contribution < -0.4 is 14.8 Å². The van der Waals surface area contributed by atoms with Gasteiger partial charge in [-0.05, 0) is 45.0 Å².